The van der Waals surface area contributed by atoms with Gasteiger partial charge in [-0.15, -0.1) is 0 Å². The van der Waals surface area contributed by atoms with E-state index in [1.807, 2.05) is 0 Å². The third-order valence-electron chi connectivity index (χ3n) is 1.17. The highest BCUT2D eigenvalue weighted by atomic mass is 16.3. The predicted octanol–water partition coefficient (Wildman–Crippen LogP) is 0.321. The number of rotatable bonds is 3. The van der Waals surface area contributed by atoms with Crippen LogP contribution in [-0.4, -0.2) is 43.9 Å². The highest BCUT2D eigenvalue weighted by Crippen LogP contribution is 1.99. The minimum absolute atomic E-state index is 0.301. The van der Waals surface area contributed by atoms with Gasteiger partial charge in [0.2, 0.25) is 0 Å². The van der Waals surface area contributed by atoms with E-state index in [2.05, 4.69) is 28.1 Å². The largest absolute Gasteiger partial charge is 0.396 e. The van der Waals surface area contributed by atoms with E-state index in [4.69, 9.17) is 5.11 Å². The molecule has 0 aromatic rings. The molecule has 0 aliphatic rings. The first-order valence-electron chi connectivity index (χ1n) is 3.37. The molecule has 0 saturated carbocycles. The van der Waals surface area contributed by atoms with E-state index in [0.29, 0.717) is 12.5 Å². The smallest absolute Gasteiger partial charge is 0.0828 e. The van der Waals surface area contributed by atoms with Crippen molar-refractivity contribution in [3.63, 3.8) is 0 Å². The quantitative estimate of drug-likeness (QED) is 0.548. The molecule has 0 saturated heterocycles. The Labute approximate surface area is 57.7 Å². The van der Waals surface area contributed by atoms with Crippen LogP contribution < -0.4 is 0 Å². The maximum absolute atomic E-state index is 8.69. The first kappa shape index (κ1) is 8.92. The maximum atomic E-state index is 8.69. The Morgan fingerprint density at radius 1 is 1.33 bits per heavy atom. The first-order chi connectivity index (χ1) is 3.95. The molecule has 9 heavy (non-hydrogen) atoms. The Kier molecular flexibility index (Phi) is 3.15. The van der Waals surface area contributed by atoms with Crippen LogP contribution in [0.25, 0.3) is 0 Å². The predicted molar refractivity (Wildman–Crippen MR) is 39.1 cm³/mol. The molecule has 0 fully saturated rings. The maximum Gasteiger partial charge on any atom is 0.0828 e. The summed E-state index contributed by atoms with van der Waals surface area (Å²) in [7, 11) is 6.39. The minimum atomic E-state index is 0.301. The van der Waals surface area contributed by atoms with Crippen LogP contribution >= 0.6 is 0 Å². The molecular formula is C7H18NO+. The molecule has 0 spiro atoms. The molecule has 0 aliphatic carbocycles. The van der Waals surface area contributed by atoms with Crippen LogP contribution in [0.2, 0.25) is 0 Å². The molecule has 1 N–H and O–H groups in total. The van der Waals surface area contributed by atoms with Gasteiger partial charge in [0.25, 0.3) is 0 Å². The third kappa shape index (κ3) is 5.80. The van der Waals surface area contributed by atoms with E-state index in [1.54, 1.807) is 0 Å². The normalized spacial score (nSPS) is 15.7. The zero-order chi connectivity index (χ0) is 7.49. The molecule has 0 amide bonds. The third-order valence-corrected chi connectivity index (χ3v) is 1.17. The van der Waals surface area contributed by atoms with Gasteiger partial charge in [0.15, 0.2) is 0 Å². The summed E-state index contributed by atoms with van der Waals surface area (Å²) in [4.78, 5) is 0. The van der Waals surface area contributed by atoms with Crippen LogP contribution in [0.1, 0.15) is 6.92 Å². The van der Waals surface area contributed by atoms with E-state index < -0.39 is 0 Å². The molecule has 0 aliphatic heterocycles. The van der Waals surface area contributed by atoms with Crippen molar-refractivity contribution >= 4 is 0 Å². The van der Waals surface area contributed by atoms with Crippen LogP contribution in [0.15, 0.2) is 0 Å². The Bertz CT molecular complexity index is 75.5. The van der Waals surface area contributed by atoms with Gasteiger partial charge >= 0.3 is 0 Å². The molecule has 56 valence electrons. The van der Waals surface area contributed by atoms with Gasteiger partial charge in [0.1, 0.15) is 0 Å². The van der Waals surface area contributed by atoms with Crippen molar-refractivity contribution in [3.05, 3.63) is 0 Å². The zero-order valence-corrected chi connectivity index (χ0v) is 6.89. The molecular weight excluding hydrogens is 114 g/mol. The van der Waals surface area contributed by atoms with Crippen LogP contribution in [0.3, 0.4) is 0 Å². The summed E-state index contributed by atoms with van der Waals surface area (Å²) in [6.07, 6.45) is 0. The van der Waals surface area contributed by atoms with Gasteiger partial charge in [0, 0.05) is 5.92 Å². The minimum Gasteiger partial charge on any atom is -0.396 e. The Balaban J connectivity index is 3.47. The number of quaternary nitrogens is 1. The van der Waals surface area contributed by atoms with Crippen molar-refractivity contribution in [1.29, 1.82) is 0 Å². The molecule has 0 heterocycles. The van der Waals surface area contributed by atoms with Gasteiger partial charge in [-0.05, 0) is 0 Å². The highest BCUT2D eigenvalue weighted by Gasteiger charge is 2.11. The monoisotopic (exact) mass is 132 g/mol. The van der Waals surface area contributed by atoms with Crippen molar-refractivity contribution < 1.29 is 9.59 Å². The molecule has 2 heteroatoms. The molecule has 0 aromatic heterocycles. The summed E-state index contributed by atoms with van der Waals surface area (Å²) in [5, 5.41) is 8.69. The second kappa shape index (κ2) is 3.18. The van der Waals surface area contributed by atoms with Crippen LogP contribution in [0, 0.1) is 5.92 Å². The Hall–Kier alpha value is -0.0800. The summed E-state index contributed by atoms with van der Waals surface area (Å²) >= 11 is 0. The molecule has 1 unspecified atom stereocenters. The summed E-state index contributed by atoms with van der Waals surface area (Å²) in [6.45, 7) is 3.40. The van der Waals surface area contributed by atoms with E-state index in [0.717, 1.165) is 11.0 Å². The van der Waals surface area contributed by atoms with E-state index in [-0.39, 0.29) is 0 Å². The van der Waals surface area contributed by atoms with Gasteiger partial charge in [-0.3, -0.25) is 0 Å². The first-order valence-corrected chi connectivity index (χ1v) is 3.37. The lowest BCUT2D eigenvalue weighted by Gasteiger charge is -2.26. The van der Waals surface area contributed by atoms with Crippen LogP contribution in [0.5, 0.6) is 0 Å². The Morgan fingerprint density at radius 3 is 1.89 bits per heavy atom. The van der Waals surface area contributed by atoms with Gasteiger partial charge < -0.3 is 9.59 Å². The number of hydrogen-bond acceptors (Lipinski definition) is 1. The molecule has 0 radical (unpaired) electrons. The fourth-order valence-corrected chi connectivity index (χ4v) is 0.993. The lowest BCUT2D eigenvalue weighted by molar-refractivity contribution is -0.873. The highest BCUT2D eigenvalue weighted by molar-refractivity contribution is 4.45. The molecule has 1 atom stereocenters. The van der Waals surface area contributed by atoms with Gasteiger partial charge in [-0.25, -0.2) is 0 Å². The zero-order valence-electron chi connectivity index (χ0n) is 6.89. The standard InChI is InChI=1S/C7H18NO/c1-7(6-9)5-8(2,3)4/h7,9H,5-6H2,1-4H3/q+1. The van der Waals surface area contributed by atoms with Gasteiger partial charge in [-0.2, -0.15) is 0 Å². The van der Waals surface area contributed by atoms with Crippen molar-refractivity contribution in [2.75, 3.05) is 34.3 Å². The summed E-state index contributed by atoms with van der Waals surface area (Å²) < 4.78 is 0.932. The summed E-state index contributed by atoms with van der Waals surface area (Å²) in [6, 6.07) is 0. The fraction of sp³-hybridized carbons (Fsp3) is 1.00. The van der Waals surface area contributed by atoms with Gasteiger partial charge in [0.05, 0.1) is 34.3 Å². The van der Waals surface area contributed by atoms with Crippen molar-refractivity contribution in [2.45, 2.75) is 6.92 Å². The number of aliphatic hydroxyl groups excluding tert-OH is 1. The number of aliphatic hydroxyl groups is 1. The van der Waals surface area contributed by atoms with Gasteiger partial charge in [-0.1, -0.05) is 6.92 Å². The van der Waals surface area contributed by atoms with E-state index in [9.17, 15) is 0 Å². The van der Waals surface area contributed by atoms with Crippen molar-refractivity contribution in [3.8, 4) is 0 Å². The SMILES string of the molecule is CC(CO)C[N+](C)(C)C. The van der Waals surface area contributed by atoms with Crippen LogP contribution in [0.4, 0.5) is 0 Å². The van der Waals surface area contributed by atoms with Crippen molar-refractivity contribution in [1.82, 2.24) is 0 Å². The van der Waals surface area contributed by atoms with Crippen molar-refractivity contribution in [2.24, 2.45) is 5.92 Å². The summed E-state index contributed by atoms with van der Waals surface area (Å²) in [5.41, 5.74) is 0. The fourth-order valence-electron chi connectivity index (χ4n) is 0.993. The van der Waals surface area contributed by atoms with Crippen LogP contribution in [-0.2, 0) is 0 Å². The Morgan fingerprint density at radius 2 is 1.78 bits per heavy atom. The lowest BCUT2D eigenvalue weighted by atomic mass is 10.2. The molecule has 0 aromatic carbocycles. The second-order valence-corrected chi connectivity index (χ2v) is 3.76. The van der Waals surface area contributed by atoms with E-state index in [1.165, 1.54) is 0 Å². The average molecular weight is 132 g/mol. The molecule has 0 bridgehead atoms. The average Bonchev–Trinajstić information content (AvgIpc) is 1.62. The number of nitrogens with zero attached hydrogens (tertiary/aromatic N) is 1. The molecule has 0 rings (SSSR count). The second-order valence-electron chi connectivity index (χ2n) is 3.76. The summed E-state index contributed by atoms with van der Waals surface area (Å²) in [5.74, 6) is 0.421. The lowest BCUT2D eigenvalue weighted by Crippen LogP contribution is -2.39. The molecule has 2 nitrogen and oxygen atoms in total. The number of hydrogen-bond donors (Lipinski definition) is 1. The van der Waals surface area contributed by atoms with E-state index >= 15 is 0 Å². The topological polar surface area (TPSA) is 20.2 Å².